The normalized spacial score (nSPS) is 20.4. The summed E-state index contributed by atoms with van der Waals surface area (Å²) in [5.74, 6) is 0.906. The Labute approximate surface area is 138 Å². The summed E-state index contributed by atoms with van der Waals surface area (Å²) in [6.45, 7) is 2.51. The predicted octanol–water partition coefficient (Wildman–Crippen LogP) is 2.36. The summed E-state index contributed by atoms with van der Waals surface area (Å²) in [5, 5.41) is 10.0. The molecule has 2 aromatic rings. The first-order valence-electron chi connectivity index (χ1n) is 7.32. The first-order valence-corrected chi connectivity index (χ1v) is 7.70. The minimum Gasteiger partial charge on any atom is -0.371 e. The van der Waals surface area contributed by atoms with Crippen LogP contribution in [0.15, 0.2) is 28.8 Å². The first-order chi connectivity index (χ1) is 11.1. The molecule has 1 saturated heterocycles. The van der Waals surface area contributed by atoms with Crippen LogP contribution in [0.2, 0.25) is 5.02 Å². The molecule has 3 rings (SSSR count). The minimum atomic E-state index is -0.290. The molecule has 7 nitrogen and oxygen atoms in total. The highest BCUT2D eigenvalue weighted by Gasteiger charge is 2.30. The number of aryl methyl sites for hydroxylation is 1. The van der Waals surface area contributed by atoms with Gasteiger partial charge in [0.15, 0.2) is 5.82 Å². The third-order valence-electron chi connectivity index (χ3n) is 3.58. The molecule has 0 bridgehead atoms. The summed E-state index contributed by atoms with van der Waals surface area (Å²) in [5.41, 5.74) is 0.992. The third-order valence-corrected chi connectivity index (χ3v) is 3.84. The van der Waals surface area contributed by atoms with Gasteiger partial charge in [-0.1, -0.05) is 28.9 Å². The average molecular weight is 337 g/mol. The van der Waals surface area contributed by atoms with Gasteiger partial charge in [-0.15, -0.1) is 0 Å². The second kappa shape index (κ2) is 6.97. The van der Waals surface area contributed by atoms with Gasteiger partial charge >= 0.3 is 6.03 Å². The van der Waals surface area contributed by atoms with E-state index in [2.05, 4.69) is 20.8 Å². The van der Waals surface area contributed by atoms with Crippen LogP contribution in [-0.4, -0.2) is 28.8 Å². The van der Waals surface area contributed by atoms with E-state index < -0.39 is 0 Å². The Morgan fingerprint density at radius 3 is 2.87 bits per heavy atom. The predicted molar refractivity (Wildman–Crippen MR) is 83.0 cm³/mol. The Morgan fingerprint density at radius 1 is 1.39 bits per heavy atom. The third kappa shape index (κ3) is 4.00. The molecule has 23 heavy (non-hydrogen) atoms. The van der Waals surface area contributed by atoms with E-state index >= 15 is 0 Å². The Morgan fingerprint density at radius 2 is 2.17 bits per heavy atom. The van der Waals surface area contributed by atoms with Gasteiger partial charge in [0.25, 0.3) is 0 Å². The van der Waals surface area contributed by atoms with E-state index in [1.165, 1.54) is 0 Å². The number of carbonyl (C=O) groups is 1. The van der Waals surface area contributed by atoms with E-state index in [-0.39, 0.29) is 24.7 Å². The number of nitrogens with zero attached hydrogens (tertiary/aromatic N) is 2. The number of hydrogen-bond acceptors (Lipinski definition) is 5. The van der Waals surface area contributed by atoms with E-state index in [9.17, 15) is 4.79 Å². The summed E-state index contributed by atoms with van der Waals surface area (Å²) in [4.78, 5) is 16.1. The van der Waals surface area contributed by atoms with Crippen LogP contribution in [0.1, 0.15) is 29.8 Å². The van der Waals surface area contributed by atoms with Gasteiger partial charge in [0, 0.05) is 18.6 Å². The fourth-order valence-corrected chi connectivity index (χ4v) is 2.64. The van der Waals surface area contributed by atoms with Crippen molar-refractivity contribution in [3.05, 3.63) is 46.6 Å². The lowest BCUT2D eigenvalue weighted by Crippen LogP contribution is -2.43. The highest BCUT2D eigenvalue weighted by atomic mass is 35.5. The number of halogens is 1. The smallest absolute Gasteiger partial charge is 0.315 e. The highest BCUT2D eigenvalue weighted by molar-refractivity contribution is 6.30. The molecule has 8 heteroatoms. The number of nitrogens with one attached hydrogen (secondary N) is 2. The molecule has 0 saturated carbocycles. The van der Waals surface area contributed by atoms with Crippen LogP contribution in [0.25, 0.3) is 0 Å². The zero-order valence-electron chi connectivity index (χ0n) is 12.6. The Kier molecular flexibility index (Phi) is 4.78. The van der Waals surface area contributed by atoms with Gasteiger partial charge < -0.3 is 19.9 Å². The van der Waals surface area contributed by atoms with E-state index in [4.69, 9.17) is 20.9 Å². The van der Waals surface area contributed by atoms with Gasteiger partial charge in [-0.05, 0) is 24.1 Å². The van der Waals surface area contributed by atoms with Gasteiger partial charge in [0.1, 0.15) is 6.10 Å². The number of hydrogen-bond donors (Lipinski definition) is 2. The molecular weight excluding hydrogens is 320 g/mol. The van der Waals surface area contributed by atoms with Crippen molar-refractivity contribution in [2.45, 2.75) is 32.0 Å². The maximum Gasteiger partial charge on any atom is 0.315 e. The molecule has 2 amide bonds. The number of carbonyl (C=O) groups excluding carboxylic acids is 1. The van der Waals surface area contributed by atoms with Crippen LogP contribution in [0, 0.1) is 6.92 Å². The van der Waals surface area contributed by atoms with Crippen LogP contribution in [0.5, 0.6) is 0 Å². The summed E-state index contributed by atoms with van der Waals surface area (Å²) in [7, 11) is 0. The molecule has 122 valence electrons. The monoisotopic (exact) mass is 336 g/mol. The number of benzene rings is 1. The van der Waals surface area contributed by atoms with Crippen LogP contribution in [0.3, 0.4) is 0 Å². The van der Waals surface area contributed by atoms with Crippen molar-refractivity contribution < 1.29 is 14.1 Å². The molecule has 1 aliphatic rings. The van der Waals surface area contributed by atoms with Crippen molar-refractivity contribution in [2.24, 2.45) is 0 Å². The van der Waals surface area contributed by atoms with Gasteiger partial charge in [0.2, 0.25) is 5.89 Å². The summed E-state index contributed by atoms with van der Waals surface area (Å²) in [6.07, 6.45) is 0.576. The van der Waals surface area contributed by atoms with Gasteiger partial charge in [-0.2, -0.15) is 4.98 Å². The highest BCUT2D eigenvalue weighted by Crippen LogP contribution is 2.29. The molecule has 1 aromatic carbocycles. The first kappa shape index (κ1) is 15.8. The van der Waals surface area contributed by atoms with Crippen LogP contribution in [-0.2, 0) is 11.3 Å². The summed E-state index contributed by atoms with van der Waals surface area (Å²) < 4.78 is 10.6. The van der Waals surface area contributed by atoms with Crippen LogP contribution < -0.4 is 10.6 Å². The lowest BCUT2D eigenvalue weighted by molar-refractivity contribution is 0.0999. The fourth-order valence-electron chi connectivity index (χ4n) is 2.51. The van der Waals surface area contributed by atoms with Crippen molar-refractivity contribution in [3.8, 4) is 0 Å². The van der Waals surface area contributed by atoms with Gasteiger partial charge in [-0.3, -0.25) is 0 Å². The zero-order valence-corrected chi connectivity index (χ0v) is 13.3. The Bertz CT molecular complexity index is 674. The Balaban J connectivity index is 1.55. The maximum atomic E-state index is 12.0. The molecule has 2 N–H and O–H groups in total. The van der Waals surface area contributed by atoms with Crippen molar-refractivity contribution in [2.75, 3.05) is 6.61 Å². The van der Waals surface area contributed by atoms with E-state index in [0.29, 0.717) is 23.3 Å². The van der Waals surface area contributed by atoms with E-state index in [0.717, 1.165) is 12.0 Å². The summed E-state index contributed by atoms with van der Waals surface area (Å²) >= 11 is 5.90. The van der Waals surface area contributed by atoms with Crippen molar-refractivity contribution in [1.82, 2.24) is 20.8 Å². The van der Waals surface area contributed by atoms with Gasteiger partial charge in [0.05, 0.1) is 12.6 Å². The average Bonchev–Trinajstić information content (AvgIpc) is 3.15. The molecular formula is C15H17ClN4O3. The quantitative estimate of drug-likeness (QED) is 0.894. The fraction of sp³-hybridized carbons (Fsp3) is 0.400. The molecule has 1 fully saturated rings. The molecule has 0 spiro atoms. The second-order valence-electron chi connectivity index (χ2n) is 5.29. The minimum absolute atomic E-state index is 0.0943. The van der Waals surface area contributed by atoms with E-state index in [1.54, 1.807) is 6.92 Å². The Hall–Kier alpha value is -2.12. The second-order valence-corrected chi connectivity index (χ2v) is 5.73. The molecule has 1 aliphatic heterocycles. The molecule has 0 aliphatic carbocycles. The number of rotatable bonds is 4. The van der Waals surface area contributed by atoms with E-state index in [1.807, 2.05) is 24.3 Å². The van der Waals surface area contributed by atoms with Crippen LogP contribution in [0.4, 0.5) is 4.79 Å². The maximum absolute atomic E-state index is 12.0. The zero-order chi connectivity index (χ0) is 16.2. The lowest BCUT2D eigenvalue weighted by Gasteiger charge is -2.20. The molecule has 1 aromatic heterocycles. The molecule has 2 atom stereocenters. The molecule has 2 heterocycles. The SMILES string of the molecule is Cc1nc(CNC(=O)N[C@@H]2CCO[C@@H]2c2ccc(Cl)cc2)no1. The molecule has 0 radical (unpaired) electrons. The van der Waals surface area contributed by atoms with Crippen LogP contribution >= 0.6 is 11.6 Å². The number of ether oxygens (including phenoxy) is 1. The number of amides is 2. The number of aromatic nitrogens is 2. The molecule has 0 unspecified atom stereocenters. The van der Waals surface area contributed by atoms with Crippen molar-refractivity contribution in [3.63, 3.8) is 0 Å². The topological polar surface area (TPSA) is 89.3 Å². The number of urea groups is 1. The van der Waals surface area contributed by atoms with Crippen molar-refractivity contribution >= 4 is 17.6 Å². The lowest BCUT2D eigenvalue weighted by atomic mass is 10.0. The standard InChI is InChI=1S/C15H17ClN4O3/c1-9-18-13(20-23-9)8-17-15(21)19-12-6-7-22-14(12)10-2-4-11(16)5-3-10/h2-5,12,14H,6-8H2,1H3,(H2,17,19,21)/t12-,14-/m1/s1. The van der Waals surface area contributed by atoms with Crippen molar-refractivity contribution in [1.29, 1.82) is 0 Å². The summed E-state index contributed by atoms with van der Waals surface area (Å²) in [6, 6.07) is 7.06. The van der Waals surface area contributed by atoms with Gasteiger partial charge in [-0.25, -0.2) is 4.79 Å². The largest absolute Gasteiger partial charge is 0.371 e.